The van der Waals surface area contributed by atoms with Crippen LogP contribution in [0.4, 0.5) is 0 Å². The first-order valence-electron chi connectivity index (χ1n) is 5.24. The second-order valence-electron chi connectivity index (χ2n) is 4.91. The molecule has 84 valence electrons. The van der Waals surface area contributed by atoms with Gasteiger partial charge < -0.3 is 10.4 Å². The van der Waals surface area contributed by atoms with Gasteiger partial charge in [-0.05, 0) is 39.3 Å². The van der Waals surface area contributed by atoms with Crippen LogP contribution in [-0.4, -0.2) is 22.2 Å². The lowest BCUT2D eigenvalue weighted by Crippen LogP contribution is -2.38. The van der Waals surface area contributed by atoms with Gasteiger partial charge in [0, 0.05) is 18.3 Å². The zero-order chi connectivity index (χ0) is 11.5. The van der Waals surface area contributed by atoms with Gasteiger partial charge in [0.05, 0.1) is 5.69 Å². The summed E-state index contributed by atoms with van der Waals surface area (Å²) in [5, 5.41) is 13.1. The molecule has 0 saturated heterocycles. The maximum absolute atomic E-state index is 9.85. The highest BCUT2D eigenvalue weighted by Gasteiger charge is 2.13. The molecule has 1 atom stereocenters. The summed E-state index contributed by atoms with van der Waals surface area (Å²) < 4.78 is 0. The molecule has 0 amide bonds. The van der Waals surface area contributed by atoms with Crippen molar-refractivity contribution < 1.29 is 5.11 Å². The van der Waals surface area contributed by atoms with Crippen LogP contribution in [0.15, 0.2) is 18.3 Å². The van der Waals surface area contributed by atoms with E-state index in [1.54, 1.807) is 6.20 Å². The predicted molar refractivity (Wildman–Crippen MR) is 61.7 cm³/mol. The molecule has 1 aromatic heterocycles. The Bertz CT molecular complexity index is 300. The maximum Gasteiger partial charge on any atom is 0.108 e. The van der Waals surface area contributed by atoms with Crippen LogP contribution >= 0.6 is 0 Å². The van der Waals surface area contributed by atoms with E-state index in [1.807, 2.05) is 19.1 Å². The first-order chi connectivity index (χ1) is 6.88. The molecule has 3 heteroatoms. The summed E-state index contributed by atoms with van der Waals surface area (Å²) in [4.78, 5) is 4.19. The van der Waals surface area contributed by atoms with Gasteiger partial charge in [-0.25, -0.2) is 0 Å². The van der Waals surface area contributed by atoms with Crippen molar-refractivity contribution in [3.05, 3.63) is 29.6 Å². The molecule has 0 unspecified atom stereocenters. The van der Waals surface area contributed by atoms with Gasteiger partial charge in [-0.15, -0.1) is 0 Å². The number of aliphatic hydroxyl groups excluding tert-OH is 1. The normalized spacial score (nSPS) is 13.9. The summed E-state index contributed by atoms with van der Waals surface area (Å²) in [7, 11) is 0. The van der Waals surface area contributed by atoms with Crippen molar-refractivity contribution >= 4 is 0 Å². The fourth-order valence-corrected chi connectivity index (χ4v) is 1.18. The van der Waals surface area contributed by atoms with Crippen molar-refractivity contribution in [2.45, 2.75) is 39.3 Å². The van der Waals surface area contributed by atoms with E-state index in [2.05, 4.69) is 31.1 Å². The van der Waals surface area contributed by atoms with Crippen molar-refractivity contribution in [2.75, 3.05) is 6.54 Å². The second-order valence-corrected chi connectivity index (χ2v) is 4.91. The lowest BCUT2D eigenvalue weighted by Gasteiger charge is -2.22. The summed E-state index contributed by atoms with van der Waals surface area (Å²) in [5.74, 6) is 0. The number of hydrogen-bond donors (Lipinski definition) is 2. The molecule has 0 aliphatic carbocycles. The highest BCUT2D eigenvalue weighted by atomic mass is 16.3. The van der Waals surface area contributed by atoms with Gasteiger partial charge in [0.25, 0.3) is 0 Å². The Morgan fingerprint density at radius 3 is 2.53 bits per heavy atom. The van der Waals surface area contributed by atoms with Gasteiger partial charge >= 0.3 is 0 Å². The number of rotatable bonds is 3. The number of aliphatic hydroxyl groups is 1. The Balaban J connectivity index is 2.54. The fourth-order valence-electron chi connectivity index (χ4n) is 1.18. The van der Waals surface area contributed by atoms with Gasteiger partial charge in [0.1, 0.15) is 6.10 Å². The molecule has 0 saturated carbocycles. The Kier molecular flexibility index (Phi) is 3.83. The van der Waals surface area contributed by atoms with Crippen LogP contribution in [0.1, 0.15) is 38.1 Å². The summed E-state index contributed by atoms with van der Waals surface area (Å²) in [5.41, 5.74) is 1.85. The minimum Gasteiger partial charge on any atom is -0.385 e. The summed E-state index contributed by atoms with van der Waals surface area (Å²) >= 11 is 0. The molecule has 15 heavy (non-hydrogen) atoms. The van der Waals surface area contributed by atoms with E-state index in [0.717, 1.165) is 11.3 Å². The third-order valence-electron chi connectivity index (χ3n) is 2.10. The lowest BCUT2D eigenvalue weighted by atomic mass is 10.1. The van der Waals surface area contributed by atoms with Gasteiger partial charge in [-0.2, -0.15) is 0 Å². The lowest BCUT2D eigenvalue weighted by molar-refractivity contribution is 0.159. The van der Waals surface area contributed by atoms with Gasteiger partial charge in [-0.3, -0.25) is 4.98 Å². The largest absolute Gasteiger partial charge is 0.385 e. The highest BCUT2D eigenvalue weighted by Crippen LogP contribution is 2.10. The Labute approximate surface area is 91.5 Å². The number of aryl methyl sites for hydroxylation is 1. The minimum absolute atomic E-state index is 0.0195. The third-order valence-corrected chi connectivity index (χ3v) is 2.10. The molecule has 0 fully saturated rings. The summed E-state index contributed by atoms with van der Waals surface area (Å²) in [6.07, 6.45) is 1.24. The van der Waals surface area contributed by atoms with E-state index in [-0.39, 0.29) is 5.54 Å². The topological polar surface area (TPSA) is 45.1 Å². The zero-order valence-corrected chi connectivity index (χ0v) is 9.91. The standard InChI is InChI=1S/C12H20N2O/c1-9-5-6-10(13-7-9)11(15)8-14-12(2,3)4/h5-7,11,14-15H,8H2,1-4H3/t11-/m1/s1. The van der Waals surface area contributed by atoms with Crippen molar-refractivity contribution in [1.29, 1.82) is 0 Å². The van der Waals surface area contributed by atoms with Gasteiger partial charge in [-0.1, -0.05) is 6.07 Å². The van der Waals surface area contributed by atoms with E-state index < -0.39 is 6.10 Å². The van der Waals surface area contributed by atoms with Gasteiger partial charge in [0.15, 0.2) is 0 Å². The molecule has 3 nitrogen and oxygen atoms in total. The maximum atomic E-state index is 9.85. The third kappa shape index (κ3) is 4.40. The average Bonchev–Trinajstić information content (AvgIpc) is 2.14. The molecule has 0 aliphatic heterocycles. The van der Waals surface area contributed by atoms with E-state index in [0.29, 0.717) is 6.54 Å². The number of hydrogen-bond acceptors (Lipinski definition) is 3. The second kappa shape index (κ2) is 4.73. The Morgan fingerprint density at radius 2 is 2.07 bits per heavy atom. The van der Waals surface area contributed by atoms with E-state index in [4.69, 9.17) is 0 Å². The Hall–Kier alpha value is -0.930. The fraction of sp³-hybridized carbons (Fsp3) is 0.583. The zero-order valence-electron chi connectivity index (χ0n) is 9.91. The number of nitrogens with one attached hydrogen (secondary N) is 1. The molecule has 0 aromatic carbocycles. The minimum atomic E-state index is -0.537. The van der Waals surface area contributed by atoms with Crippen molar-refractivity contribution in [3.8, 4) is 0 Å². The Morgan fingerprint density at radius 1 is 1.40 bits per heavy atom. The number of pyridine rings is 1. The molecular formula is C12H20N2O. The SMILES string of the molecule is Cc1ccc([C@H](O)CNC(C)(C)C)nc1. The quantitative estimate of drug-likeness (QED) is 0.796. The molecule has 0 radical (unpaired) electrons. The molecule has 1 heterocycles. The number of β-amino-alcohol motifs (C(OH)–C–C–N with tert-alkyl or cyclic N) is 1. The number of nitrogens with zero attached hydrogens (tertiary/aromatic N) is 1. The molecule has 0 spiro atoms. The number of aromatic nitrogens is 1. The van der Waals surface area contributed by atoms with Crippen LogP contribution < -0.4 is 5.32 Å². The average molecular weight is 208 g/mol. The summed E-state index contributed by atoms with van der Waals surface area (Å²) in [6, 6.07) is 3.83. The smallest absolute Gasteiger partial charge is 0.108 e. The van der Waals surface area contributed by atoms with Crippen LogP contribution in [0, 0.1) is 6.92 Å². The molecule has 1 aromatic rings. The van der Waals surface area contributed by atoms with Crippen LogP contribution in [0.5, 0.6) is 0 Å². The molecule has 1 rings (SSSR count). The van der Waals surface area contributed by atoms with Crippen LogP contribution in [-0.2, 0) is 0 Å². The first-order valence-corrected chi connectivity index (χ1v) is 5.24. The molecule has 2 N–H and O–H groups in total. The predicted octanol–water partition coefficient (Wildman–Crippen LogP) is 1.81. The molecular weight excluding hydrogens is 188 g/mol. The highest BCUT2D eigenvalue weighted by molar-refractivity contribution is 5.14. The van der Waals surface area contributed by atoms with Gasteiger partial charge in [0.2, 0.25) is 0 Å². The van der Waals surface area contributed by atoms with E-state index in [1.165, 1.54) is 0 Å². The van der Waals surface area contributed by atoms with E-state index >= 15 is 0 Å². The molecule has 0 bridgehead atoms. The van der Waals surface area contributed by atoms with Crippen molar-refractivity contribution in [1.82, 2.24) is 10.3 Å². The summed E-state index contributed by atoms with van der Waals surface area (Å²) in [6.45, 7) is 8.73. The van der Waals surface area contributed by atoms with Crippen LogP contribution in [0.3, 0.4) is 0 Å². The monoisotopic (exact) mass is 208 g/mol. The first kappa shape index (κ1) is 12.1. The van der Waals surface area contributed by atoms with E-state index in [9.17, 15) is 5.11 Å². The van der Waals surface area contributed by atoms with Crippen molar-refractivity contribution in [2.24, 2.45) is 0 Å². The van der Waals surface area contributed by atoms with Crippen molar-refractivity contribution in [3.63, 3.8) is 0 Å². The van der Waals surface area contributed by atoms with Crippen LogP contribution in [0.25, 0.3) is 0 Å². The molecule has 0 aliphatic rings. The van der Waals surface area contributed by atoms with Crippen LogP contribution in [0.2, 0.25) is 0 Å².